The van der Waals surface area contributed by atoms with Gasteiger partial charge in [-0.05, 0) is 26.1 Å². The summed E-state index contributed by atoms with van der Waals surface area (Å²) in [5, 5.41) is 28.6. The quantitative estimate of drug-likeness (QED) is 0.151. The van der Waals surface area contributed by atoms with Gasteiger partial charge in [0.05, 0.1) is 19.8 Å². The van der Waals surface area contributed by atoms with Gasteiger partial charge in [0.15, 0.2) is 0 Å². The molecular formula is C11H30Cl2GeN3O3S-. The fourth-order valence-corrected chi connectivity index (χ4v) is 1.33. The maximum absolute atomic E-state index is 8.48. The van der Waals surface area contributed by atoms with Gasteiger partial charge in [0.25, 0.3) is 0 Å². The van der Waals surface area contributed by atoms with E-state index in [4.69, 9.17) is 33.7 Å². The van der Waals surface area contributed by atoms with E-state index in [-0.39, 0.29) is 62.2 Å². The maximum Gasteiger partial charge on any atom is 0.0558 e. The van der Waals surface area contributed by atoms with Gasteiger partial charge in [0.2, 0.25) is 0 Å². The van der Waals surface area contributed by atoms with Crippen molar-refractivity contribution in [3.05, 3.63) is 0 Å². The smallest absolute Gasteiger partial charge is 0.0558 e. The molecule has 4 radical (unpaired) electrons. The standard InChI is InChI=1S/C6H15NO3.C5H14N2S.2ClH.Ge/c8-4-1-7(2-5-9)3-6-10;6-2-1-3-7-4-5-8;;;/h8-10H,1-6H2;7-8H,1-6H2;2*1H;/p-1. The minimum Gasteiger partial charge on any atom is -0.791 e. The molecule has 0 amide bonds. The van der Waals surface area contributed by atoms with Crippen LogP contribution in [0.25, 0.3) is 0 Å². The van der Waals surface area contributed by atoms with Crippen molar-refractivity contribution >= 4 is 55.0 Å². The van der Waals surface area contributed by atoms with Gasteiger partial charge in [-0.2, -0.15) is 5.75 Å². The van der Waals surface area contributed by atoms with Crippen LogP contribution in [0.4, 0.5) is 0 Å². The Balaban J connectivity index is -0.0000000724. The van der Waals surface area contributed by atoms with Crippen molar-refractivity contribution in [2.24, 2.45) is 5.73 Å². The number of rotatable bonds is 11. The van der Waals surface area contributed by atoms with E-state index in [1.165, 1.54) is 0 Å². The van der Waals surface area contributed by atoms with E-state index < -0.39 is 0 Å². The summed E-state index contributed by atoms with van der Waals surface area (Å²) in [7, 11) is 0. The second kappa shape index (κ2) is 33.0. The molecule has 6 N–H and O–H groups in total. The van der Waals surface area contributed by atoms with Gasteiger partial charge < -0.3 is 39.0 Å². The number of halogens is 2. The number of nitrogens with two attached hydrogens (primary N) is 1. The van der Waals surface area contributed by atoms with E-state index in [1.54, 1.807) is 4.90 Å². The van der Waals surface area contributed by atoms with Crippen LogP contribution in [-0.2, 0) is 12.6 Å². The summed E-state index contributed by atoms with van der Waals surface area (Å²) in [5.41, 5.74) is 5.24. The van der Waals surface area contributed by atoms with E-state index in [2.05, 4.69) is 5.32 Å². The number of nitrogens with one attached hydrogen (secondary N) is 1. The number of hydrogen-bond donors (Lipinski definition) is 5. The molecule has 0 rings (SSSR count). The van der Waals surface area contributed by atoms with Crippen LogP contribution in [0.15, 0.2) is 0 Å². The van der Waals surface area contributed by atoms with Gasteiger partial charge >= 0.3 is 0 Å². The first-order valence-electron chi connectivity index (χ1n) is 6.30. The third-order valence-corrected chi connectivity index (χ3v) is 2.29. The zero-order valence-corrected chi connectivity index (χ0v) is 16.9. The molecule has 0 fully saturated rings. The average Bonchev–Trinajstić information content (AvgIpc) is 2.37. The molecule has 0 aliphatic heterocycles. The Kier molecular flexibility index (Phi) is 53.0. The van der Waals surface area contributed by atoms with Gasteiger partial charge in [-0.3, -0.25) is 4.90 Å². The molecule has 0 atom stereocenters. The predicted molar refractivity (Wildman–Crippen MR) is 96.7 cm³/mol. The fraction of sp³-hybridized carbons (Fsp3) is 1.00. The zero-order chi connectivity index (χ0) is 14.1. The Morgan fingerprint density at radius 2 is 1.33 bits per heavy atom. The van der Waals surface area contributed by atoms with Crippen LogP contribution in [0.1, 0.15) is 6.42 Å². The van der Waals surface area contributed by atoms with E-state index in [9.17, 15) is 0 Å². The topological polar surface area (TPSA) is 102 Å². The van der Waals surface area contributed by atoms with Crippen LogP contribution in [0.5, 0.6) is 0 Å². The Labute approximate surface area is 157 Å². The first kappa shape index (κ1) is 33.8. The molecule has 0 aromatic heterocycles. The Morgan fingerprint density at radius 3 is 1.62 bits per heavy atom. The van der Waals surface area contributed by atoms with Crippen LogP contribution in [0.2, 0.25) is 0 Å². The molecule has 6 nitrogen and oxygen atoms in total. The predicted octanol–water partition coefficient (Wildman–Crippen LogP) is -1.80. The third kappa shape index (κ3) is 33.8. The van der Waals surface area contributed by atoms with Crippen LogP contribution in [0.3, 0.4) is 0 Å². The number of aliphatic hydroxyl groups is 3. The number of aliphatic hydroxyl groups excluding tert-OH is 3. The van der Waals surface area contributed by atoms with Gasteiger partial charge in [-0.15, -0.1) is 24.8 Å². The molecule has 0 spiro atoms. The largest absolute Gasteiger partial charge is 0.791 e. The van der Waals surface area contributed by atoms with Gasteiger partial charge in [0, 0.05) is 37.2 Å². The molecule has 0 aromatic carbocycles. The molecule has 0 unspecified atom stereocenters. The van der Waals surface area contributed by atoms with Crippen molar-refractivity contribution in [1.29, 1.82) is 0 Å². The summed E-state index contributed by atoms with van der Waals surface area (Å²) < 4.78 is 0. The summed E-state index contributed by atoms with van der Waals surface area (Å²) in [6.45, 7) is 4.47. The molecule has 0 aliphatic rings. The number of hydrogen-bond acceptors (Lipinski definition) is 7. The molecule has 132 valence electrons. The van der Waals surface area contributed by atoms with Gasteiger partial charge in [-0.25, -0.2) is 0 Å². The van der Waals surface area contributed by atoms with Crippen LogP contribution >= 0.6 is 24.8 Å². The second-order valence-electron chi connectivity index (χ2n) is 3.61. The Bertz CT molecular complexity index is 140. The summed E-state index contributed by atoms with van der Waals surface area (Å²) in [5.74, 6) is 0.796. The van der Waals surface area contributed by atoms with Gasteiger partial charge in [-0.1, -0.05) is 0 Å². The van der Waals surface area contributed by atoms with Crippen LogP contribution < -0.4 is 11.1 Å². The molecular weight excluding hydrogens is 398 g/mol. The molecule has 0 aromatic rings. The van der Waals surface area contributed by atoms with Crippen molar-refractivity contribution < 1.29 is 15.3 Å². The van der Waals surface area contributed by atoms with E-state index in [0.717, 1.165) is 31.8 Å². The summed E-state index contributed by atoms with van der Waals surface area (Å²) >= 11 is 4.71. The third-order valence-electron chi connectivity index (χ3n) is 2.09. The van der Waals surface area contributed by atoms with Gasteiger partial charge in [0.1, 0.15) is 0 Å². The maximum atomic E-state index is 8.48. The summed E-state index contributed by atoms with van der Waals surface area (Å²) in [6, 6.07) is 0. The van der Waals surface area contributed by atoms with Crippen LogP contribution in [0, 0.1) is 0 Å². The van der Waals surface area contributed by atoms with E-state index >= 15 is 0 Å². The molecule has 21 heavy (non-hydrogen) atoms. The molecule has 0 saturated carbocycles. The Hall–Kier alpha value is 1.23. The normalized spacial score (nSPS) is 8.86. The molecule has 0 aliphatic carbocycles. The first-order chi connectivity index (χ1) is 8.76. The molecule has 10 heteroatoms. The molecule has 0 bridgehead atoms. The van der Waals surface area contributed by atoms with Crippen molar-refractivity contribution in [1.82, 2.24) is 10.2 Å². The van der Waals surface area contributed by atoms with Crippen LogP contribution in [-0.4, -0.2) is 103 Å². The SMILES string of the molecule is Cl.Cl.NCCCNCC[S-].OCCN(CCO)CCO.[Ge]. The van der Waals surface area contributed by atoms with Crippen molar-refractivity contribution in [2.45, 2.75) is 6.42 Å². The average molecular weight is 428 g/mol. The fourth-order valence-electron chi connectivity index (χ4n) is 1.18. The molecule has 0 saturated heterocycles. The number of nitrogens with zero attached hydrogens (tertiary/aromatic N) is 1. The van der Waals surface area contributed by atoms with Crippen molar-refractivity contribution in [3.8, 4) is 0 Å². The molecule has 0 heterocycles. The minimum absolute atomic E-state index is 0. The summed E-state index contributed by atoms with van der Waals surface area (Å²) in [4.78, 5) is 1.79. The second-order valence-corrected chi connectivity index (χ2v) is 4.02. The van der Waals surface area contributed by atoms with E-state index in [0.29, 0.717) is 19.6 Å². The zero-order valence-electron chi connectivity index (χ0n) is 12.4. The first-order valence-corrected chi connectivity index (χ1v) is 6.88. The summed E-state index contributed by atoms with van der Waals surface area (Å²) in [6.07, 6.45) is 1.05. The minimum atomic E-state index is 0. The van der Waals surface area contributed by atoms with Crippen molar-refractivity contribution in [3.63, 3.8) is 0 Å². The van der Waals surface area contributed by atoms with E-state index in [1.807, 2.05) is 0 Å². The monoisotopic (exact) mass is 428 g/mol. The Morgan fingerprint density at radius 1 is 0.905 bits per heavy atom. The van der Waals surface area contributed by atoms with Crippen molar-refractivity contribution in [2.75, 3.05) is 64.8 Å².